The van der Waals surface area contributed by atoms with Crippen LogP contribution in [0, 0.1) is 0 Å². The van der Waals surface area contributed by atoms with Crippen LogP contribution in [0.4, 0.5) is 26.3 Å². The van der Waals surface area contributed by atoms with Crippen LogP contribution in [0.1, 0.15) is 26.3 Å². The number of halogens is 6. The topological polar surface area (TPSA) is 35.5 Å². The van der Waals surface area contributed by atoms with Gasteiger partial charge in [0.05, 0.1) is 5.30 Å². The smallest absolute Gasteiger partial charge is 0.296 e. The number of hydrogen-bond acceptors (Lipinski definition) is 3. The Morgan fingerprint density at radius 2 is 1.21 bits per heavy atom. The lowest BCUT2D eigenvalue weighted by molar-refractivity contribution is -0.164. The minimum Gasteiger partial charge on any atom is -0.296 e. The van der Waals surface area contributed by atoms with Gasteiger partial charge in [-0.15, -0.1) is 0 Å². The molecule has 0 aliphatic carbocycles. The van der Waals surface area contributed by atoms with Gasteiger partial charge in [0.25, 0.3) is 0 Å². The molecule has 0 saturated carbocycles. The third-order valence-corrected chi connectivity index (χ3v) is 4.71. The average molecular weight is 378 g/mol. The summed E-state index contributed by atoms with van der Waals surface area (Å²) in [5.41, 5.74) is 0.451. The second-order valence-corrected chi connectivity index (χ2v) is 8.10. The van der Waals surface area contributed by atoms with Crippen LogP contribution in [-0.2, 0) is 19.0 Å². The fraction of sp³-hybridized carbons (Fsp3) is 0.571. The van der Waals surface area contributed by atoms with Gasteiger partial charge in [-0.25, -0.2) is 0 Å². The number of benzene rings is 1. The highest BCUT2D eigenvalue weighted by atomic mass is 31.2. The minimum absolute atomic E-state index is 0.303. The van der Waals surface area contributed by atoms with Gasteiger partial charge in [-0.1, -0.05) is 32.9 Å². The fourth-order valence-electron chi connectivity index (χ4n) is 1.65. The lowest BCUT2D eigenvalue weighted by Gasteiger charge is -2.22. The summed E-state index contributed by atoms with van der Waals surface area (Å²) in [4.78, 5) is 0. The van der Waals surface area contributed by atoms with Crippen molar-refractivity contribution in [1.82, 2.24) is 0 Å². The molecule has 138 valence electrons. The maximum atomic E-state index is 12.4. The number of hydrogen-bond donors (Lipinski definition) is 0. The van der Waals surface area contributed by atoms with Crippen LogP contribution in [0.25, 0.3) is 0 Å². The first-order valence-electron chi connectivity index (χ1n) is 6.76. The molecule has 0 aliphatic rings. The fourth-order valence-corrected chi connectivity index (χ4v) is 3.17. The SMILES string of the molecule is CC(C)(C)c1ccc(P(=O)(OCC(F)(F)F)OCC(F)(F)F)cc1. The summed E-state index contributed by atoms with van der Waals surface area (Å²) < 4.78 is 94.5. The Morgan fingerprint density at radius 3 is 1.50 bits per heavy atom. The van der Waals surface area contributed by atoms with E-state index in [0.717, 1.165) is 17.7 Å². The molecule has 0 aromatic heterocycles. The molecule has 0 aliphatic heterocycles. The predicted octanol–water partition coefficient (Wildman–Crippen LogP) is 4.96. The molecule has 3 nitrogen and oxygen atoms in total. The molecular formula is C14H17F6O3P. The minimum atomic E-state index is -4.86. The lowest BCUT2D eigenvalue weighted by Crippen LogP contribution is -2.23. The van der Waals surface area contributed by atoms with Gasteiger partial charge in [-0.05, 0) is 23.1 Å². The molecule has 0 N–H and O–H groups in total. The van der Waals surface area contributed by atoms with E-state index < -0.39 is 33.2 Å². The molecule has 1 aromatic rings. The van der Waals surface area contributed by atoms with Crippen molar-refractivity contribution in [3.63, 3.8) is 0 Å². The van der Waals surface area contributed by atoms with Crippen molar-refractivity contribution < 1.29 is 40.0 Å². The van der Waals surface area contributed by atoms with Crippen LogP contribution in [0.5, 0.6) is 0 Å². The van der Waals surface area contributed by atoms with Gasteiger partial charge < -0.3 is 0 Å². The predicted molar refractivity (Wildman–Crippen MR) is 76.4 cm³/mol. The van der Waals surface area contributed by atoms with E-state index >= 15 is 0 Å². The van der Waals surface area contributed by atoms with E-state index in [-0.39, 0.29) is 10.7 Å². The van der Waals surface area contributed by atoms with E-state index in [4.69, 9.17) is 0 Å². The van der Waals surface area contributed by atoms with Gasteiger partial charge in [0.15, 0.2) is 13.2 Å². The maximum absolute atomic E-state index is 12.4. The Morgan fingerprint density at radius 1 is 0.833 bits per heavy atom. The van der Waals surface area contributed by atoms with Gasteiger partial charge in [0, 0.05) is 0 Å². The zero-order chi connectivity index (χ0) is 18.8. The van der Waals surface area contributed by atoms with E-state index in [2.05, 4.69) is 9.05 Å². The van der Waals surface area contributed by atoms with Crippen molar-refractivity contribution in [2.75, 3.05) is 13.2 Å². The van der Waals surface area contributed by atoms with Crippen molar-refractivity contribution in [2.24, 2.45) is 0 Å². The van der Waals surface area contributed by atoms with E-state index in [1.807, 2.05) is 20.8 Å². The molecule has 1 rings (SSSR count). The van der Waals surface area contributed by atoms with Crippen LogP contribution >= 0.6 is 7.60 Å². The van der Waals surface area contributed by atoms with Crippen LogP contribution in [0.15, 0.2) is 24.3 Å². The van der Waals surface area contributed by atoms with Gasteiger partial charge in [0.1, 0.15) is 0 Å². The Labute approximate surface area is 135 Å². The Balaban J connectivity index is 3.10. The van der Waals surface area contributed by atoms with Gasteiger partial charge in [-0.3, -0.25) is 13.6 Å². The largest absolute Gasteiger partial charge is 0.412 e. The Bertz CT molecular complexity index is 565. The van der Waals surface area contributed by atoms with Gasteiger partial charge >= 0.3 is 19.9 Å². The second kappa shape index (κ2) is 7.06. The summed E-state index contributed by atoms with van der Waals surface area (Å²) in [6.07, 6.45) is -9.72. The maximum Gasteiger partial charge on any atom is 0.412 e. The van der Waals surface area contributed by atoms with Crippen molar-refractivity contribution in [2.45, 2.75) is 38.5 Å². The normalized spacial score (nSPS) is 14.0. The highest BCUT2D eigenvalue weighted by Crippen LogP contribution is 2.49. The second-order valence-electron chi connectivity index (χ2n) is 6.07. The summed E-state index contributed by atoms with van der Waals surface area (Å²) in [7, 11) is -4.78. The quantitative estimate of drug-likeness (QED) is 0.537. The van der Waals surface area contributed by atoms with E-state index in [0.29, 0.717) is 0 Å². The first-order valence-corrected chi connectivity index (χ1v) is 8.30. The molecule has 10 heteroatoms. The molecule has 0 fully saturated rings. The molecule has 0 spiro atoms. The first kappa shape index (κ1) is 21.0. The summed E-state index contributed by atoms with van der Waals surface area (Å²) in [6.45, 7) is 1.62. The first-order chi connectivity index (χ1) is 10.6. The van der Waals surface area contributed by atoms with E-state index in [1.54, 1.807) is 0 Å². The Kier molecular flexibility index (Phi) is 6.17. The standard InChI is InChI=1S/C14H17F6O3P/c1-12(2,3)10-4-6-11(7-5-10)24(21,22-8-13(15,16)17)23-9-14(18,19)20/h4-7H,8-9H2,1-3H3. The lowest BCUT2D eigenvalue weighted by atomic mass is 9.87. The number of alkyl halides is 6. The zero-order valence-corrected chi connectivity index (χ0v) is 14.1. The molecule has 0 saturated heterocycles. The number of rotatable bonds is 5. The van der Waals surface area contributed by atoms with Crippen LogP contribution in [0.3, 0.4) is 0 Å². The zero-order valence-electron chi connectivity index (χ0n) is 13.2. The third kappa shape index (κ3) is 6.83. The van der Waals surface area contributed by atoms with Gasteiger partial charge in [0.2, 0.25) is 0 Å². The van der Waals surface area contributed by atoms with Gasteiger partial charge in [-0.2, -0.15) is 26.3 Å². The average Bonchev–Trinajstić information content (AvgIpc) is 2.41. The molecule has 0 bridgehead atoms. The molecule has 0 unspecified atom stereocenters. The highest BCUT2D eigenvalue weighted by molar-refractivity contribution is 7.62. The van der Waals surface area contributed by atoms with Crippen LogP contribution in [0.2, 0.25) is 0 Å². The molecular weight excluding hydrogens is 361 g/mol. The molecule has 0 atom stereocenters. The van der Waals surface area contributed by atoms with Crippen molar-refractivity contribution in [3.05, 3.63) is 29.8 Å². The van der Waals surface area contributed by atoms with Crippen molar-refractivity contribution >= 4 is 12.9 Å². The summed E-state index contributed by atoms with van der Waals surface area (Å²) >= 11 is 0. The molecule has 1 aromatic carbocycles. The van der Waals surface area contributed by atoms with E-state index in [9.17, 15) is 30.9 Å². The van der Waals surface area contributed by atoms with Crippen LogP contribution < -0.4 is 5.30 Å². The van der Waals surface area contributed by atoms with Crippen LogP contribution in [-0.4, -0.2) is 25.6 Å². The van der Waals surface area contributed by atoms with Crippen molar-refractivity contribution in [3.8, 4) is 0 Å². The molecule has 0 amide bonds. The molecule has 0 radical (unpaired) electrons. The highest BCUT2D eigenvalue weighted by Gasteiger charge is 2.39. The third-order valence-electron chi connectivity index (χ3n) is 2.85. The molecule has 0 heterocycles. The summed E-state index contributed by atoms with van der Waals surface area (Å²) in [5, 5.41) is -0.371. The van der Waals surface area contributed by atoms with E-state index in [1.165, 1.54) is 12.1 Å². The summed E-state index contributed by atoms with van der Waals surface area (Å²) in [5.74, 6) is 0. The molecule has 24 heavy (non-hydrogen) atoms. The van der Waals surface area contributed by atoms with Crippen molar-refractivity contribution in [1.29, 1.82) is 0 Å². The monoisotopic (exact) mass is 378 g/mol. The summed E-state index contributed by atoms with van der Waals surface area (Å²) in [6, 6.07) is 5.20. The Hall–Kier alpha value is -1.05.